The Hall–Kier alpha value is -0.200. The number of aliphatic imine (C=N–C) groups is 1. The van der Waals surface area contributed by atoms with E-state index in [4.69, 9.17) is 0 Å². The SMILES string of the molecule is S=C=N[C@H]1C[C@@H]2CC[C@H]1C2. The molecule has 0 amide bonds. The Labute approximate surface area is 66.5 Å². The fourth-order valence-corrected chi connectivity index (χ4v) is 2.57. The van der Waals surface area contributed by atoms with E-state index in [2.05, 4.69) is 22.4 Å². The zero-order valence-electron chi connectivity index (χ0n) is 5.92. The molecule has 2 bridgehead atoms. The summed E-state index contributed by atoms with van der Waals surface area (Å²) in [6.45, 7) is 0. The molecule has 2 heteroatoms. The second-order valence-corrected chi connectivity index (χ2v) is 3.65. The molecule has 2 aliphatic rings. The van der Waals surface area contributed by atoms with Gasteiger partial charge in [-0.25, -0.2) is 4.99 Å². The predicted octanol–water partition coefficient (Wildman–Crippen LogP) is 2.28. The van der Waals surface area contributed by atoms with Gasteiger partial charge in [-0.1, -0.05) is 6.42 Å². The van der Waals surface area contributed by atoms with Crippen LogP contribution in [0.3, 0.4) is 0 Å². The van der Waals surface area contributed by atoms with Crippen LogP contribution in [-0.4, -0.2) is 11.2 Å². The summed E-state index contributed by atoms with van der Waals surface area (Å²) in [6, 6.07) is 0.552. The van der Waals surface area contributed by atoms with Crippen molar-refractivity contribution >= 4 is 17.4 Å². The number of thiocarbonyl (C=S) groups is 1. The lowest BCUT2D eigenvalue weighted by molar-refractivity contribution is 0.422. The molecule has 3 atom stereocenters. The predicted molar refractivity (Wildman–Crippen MR) is 44.3 cm³/mol. The summed E-state index contributed by atoms with van der Waals surface area (Å²) in [4.78, 5) is 4.17. The van der Waals surface area contributed by atoms with Gasteiger partial charge < -0.3 is 0 Å². The average Bonchev–Trinajstić information content (AvgIpc) is 2.48. The van der Waals surface area contributed by atoms with E-state index in [1.54, 1.807) is 0 Å². The van der Waals surface area contributed by atoms with Crippen molar-refractivity contribution in [2.45, 2.75) is 31.7 Å². The molecule has 0 aromatic rings. The quantitative estimate of drug-likeness (QED) is 0.416. The van der Waals surface area contributed by atoms with Crippen LogP contribution in [0.4, 0.5) is 0 Å². The first kappa shape index (κ1) is 6.51. The van der Waals surface area contributed by atoms with Gasteiger partial charge in [0.1, 0.15) is 0 Å². The zero-order valence-corrected chi connectivity index (χ0v) is 6.73. The first-order valence-corrected chi connectivity index (χ1v) is 4.38. The van der Waals surface area contributed by atoms with Crippen molar-refractivity contribution in [3.05, 3.63) is 0 Å². The molecule has 0 N–H and O–H groups in total. The van der Waals surface area contributed by atoms with E-state index in [1.807, 2.05) is 0 Å². The van der Waals surface area contributed by atoms with E-state index in [1.165, 1.54) is 25.7 Å². The summed E-state index contributed by atoms with van der Waals surface area (Å²) >= 11 is 4.59. The van der Waals surface area contributed by atoms with Gasteiger partial charge in [0.05, 0.1) is 11.2 Å². The molecule has 2 aliphatic carbocycles. The summed E-state index contributed by atoms with van der Waals surface area (Å²) in [7, 11) is 0. The first-order chi connectivity index (χ1) is 4.90. The third kappa shape index (κ3) is 0.920. The van der Waals surface area contributed by atoms with E-state index in [0.717, 1.165) is 11.8 Å². The number of nitrogens with zero attached hydrogens (tertiary/aromatic N) is 1. The fourth-order valence-electron chi connectivity index (χ4n) is 2.44. The van der Waals surface area contributed by atoms with Gasteiger partial charge in [0, 0.05) is 0 Å². The Morgan fingerprint density at radius 3 is 2.70 bits per heavy atom. The van der Waals surface area contributed by atoms with E-state index < -0.39 is 0 Å². The van der Waals surface area contributed by atoms with E-state index in [0.29, 0.717) is 6.04 Å². The smallest absolute Gasteiger partial charge is 0.0633 e. The van der Waals surface area contributed by atoms with E-state index in [9.17, 15) is 0 Å². The largest absolute Gasteiger partial charge is 0.229 e. The minimum atomic E-state index is 0.552. The molecule has 2 rings (SSSR count). The van der Waals surface area contributed by atoms with Gasteiger partial charge in [0.25, 0.3) is 0 Å². The van der Waals surface area contributed by atoms with Crippen LogP contribution >= 0.6 is 12.2 Å². The molecule has 10 heavy (non-hydrogen) atoms. The maximum atomic E-state index is 4.59. The second-order valence-electron chi connectivity index (χ2n) is 3.46. The molecule has 1 nitrogen and oxygen atoms in total. The maximum Gasteiger partial charge on any atom is 0.0633 e. The van der Waals surface area contributed by atoms with Crippen molar-refractivity contribution in [1.29, 1.82) is 0 Å². The van der Waals surface area contributed by atoms with Crippen molar-refractivity contribution < 1.29 is 0 Å². The topological polar surface area (TPSA) is 12.4 Å². The number of isothiocyanates is 1. The number of hydrogen-bond donors (Lipinski definition) is 0. The Morgan fingerprint density at radius 2 is 2.20 bits per heavy atom. The van der Waals surface area contributed by atoms with Gasteiger partial charge in [-0.05, 0) is 43.3 Å². The van der Waals surface area contributed by atoms with Crippen LogP contribution in [0.1, 0.15) is 25.7 Å². The van der Waals surface area contributed by atoms with Gasteiger partial charge in [-0.2, -0.15) is 0 Å². The van der Waals surface area contributed by atoms with E-state index in [-0.39, 0.29) is 0 Å². The summed E-state index contributed by atoms with van der Waals surface area (Å²) in [5, 5.41) is 2.50. The lowest BCUT2D eigenvalue weighted by atomic mass is 9.96. The van der Waals surface area contributed by atoms with Gasteiger partial charge in [-0.3, -0.25) is 0 Å². The lowest BCUT2D eigenvalue weighted by Gasteiger charge is -2.15. The molecule has 0 radical (unpaired) electrons. The second kappa shape index (κ2) is 2.44. The van der Waals surface area contributed by atoms with Crippen LogP contribution < -0.4 is 0 Å². The van der Waals surface area contributed by atoms with Crippen molar-refractivity contribution in [1.82, 2.24) is 0 Å². The Balaban J connectivity index is 2.08. The number of rotatable bonds is 1. The Bertz CT molecular complexity index is 184. The van der Waals surface area contributed by atoms with Crippen LogP contribution in [0.25, 0.3) is 0 Å². The summed E-state index contributed by atoms with van der Waals surface area (Å²) in [5.41, 5.74) is 0. The maximum absolute atomic E-state index is 4.59. The normalized spacial score (nSPS) is 43.4. The molecule has 2 fully saturated rings. The highest BCUT2D eigenvalue weighted by Gasteiger charge is 2.39. The molecular weight excluding hydrogens is 142 g/mol. The first-order valence-electron chi connectivity index (χ1n) is 3.97. The number of fused-ring (bicyclic) bond motifs is 2. The highest BCUT2D eigenvalue weighted by Crippen LogP contribution is 2.45. The third-order valence-electron chi connectivity index (χ3n) is 2.92. The monoisotopic (exact) mass is 153 g/mol. The van der Waals surface area contributed by atoms with Crippen LogP contribution in [0.15, 0.2) is 4.99 Å². The van der Waals surface area contributed by atoms with Crippen molar-refractivity contribution in [3.63, 3.8) is 0 Å². The molecule has 2 saturated carbocycles. The van der Waals surface area contributed by atoms with Gasteiger partial charge in [-0.15, -0.1) is 0 Å². The molecular formula is C8H11NS. The highest BCUT2D eigenvalue weighted by molar-refractivity contribution is 7.78. The molecule has 0 saturated heterocycles. The average molecular weight is 153 g/mol. The fraction of sp³-hybridized carbons (Fsp3) is 0.875. The summed E-state index contributed by atoms with van der Waals surface area (Å²) < 4.78 is 0. The summed E-state index contributed by atoms with van der Waals surface area (Å²) in [5.74, 6) is 1.84. The van der Waals surface area contributed by atoms with Crippen LogP contribution in [-0.2, 0) is 0 Å². The van der Waals surface area contributed by atoms with Crippen molar-refractivity contribution in [2.75, 3.05) is 0 Å². The molecule has 54 valence electrons. The van der Waals surface area contributed by atoms with Gasteiger partial charge in [0.15, 0.2) is 0 Å². The van der Waals surface area contributed by atoms with Crippen LogP contribution in [0.2, 0.25) is 0 Å². The molecule has 0 aromatic heterocycles. The minimum absolute atomic E-state index is 0.552. The van der Waals surface area contributed by atoms with Crippen molar-refractivity contribution in [2.24, 2.45) is 16.8 Å². The van der Waals surface area contributed by atoms with Crippen LogP contribution in [0, 0.1) is 11.8 Å². The molecule has 0 heterocycles. The Morgan fingerprint density at radius 1 is 1.30 bits per heavy atom. The molecule has 0 aliphatic heterocycles. The standard InChI is InChI=1S/C8H11NS/c10-5-9-8-4-6-1-2-7(8)3-6/h6-8H,1-4H2/t6-,7+,8+/m1/s1. The van der Waals surface area contributed by atoms with E-state index >= 15 is 0 Å². The van der Waals surface area contributed by atoms with Gasteiger partial charge in [0.2, 0.25) is 0 Å². The zero-order chi connectivity index (χ0) is 6.97. The molecule has 0 unspecified atom stereocenters. The third-order valence-corrected chi connectivity index (χ3v) is 3.02. The molecule has 0 aromatic carbocycles. The number of hydrogen-bond acceptors (Lipinski definition) is 2. The Kier molecular flexibility index (Phi) is 1.59. The summed E-state index contributed by atoms with van der Waals surface area (Å²) in [6.07, 6.45) is 5.52. The lowest BCUT2D eigenvalue weighted by Crippen LogP contribution is -2.13. The highest BCUT2D eigenvalue weighted by atomic mass is 32.1. The molecule has 0 spiro atoms. The minimum Gasteiger partial charge on any atom is -0.229 e. The van der Waals surface area contributed by atoms with Crippen molar-refractivity contribution in [3.8, 4) is 0 Å². The van der Waals surface area contributed by atoms with Crippen LogP contribution in [0.5, 0.6) is 0 Å². The van der Waals surface area contributed by atoms with Gasteiger partial charge >= 0.3 is 0 Å².